The Labute approximate surface area is 202 Å². The standard InChI is InChI=1S/C24H28N4O5S/c1-33-21-5-3-2-4-17(21)10-13-25-22(29)20-16-34-24(26-20)11-14-27(15-12-24)23(30)18-6-8-19(9-7-18)28(31)32/h2-9,20,26H,10-16H2,1H3,(H,25,29). The Morgan fingerprint density at radius 2 is 1.91 bits per heavy atom. The van der Waals surface area contributed by atoms with E-state index in [1.54, 1.807) is 23.8 Å². The highest BCUT2D eigenvalue weighted by Gasteiger charge is 2.44. The average Bonchev–Trinajstić information content (AvgIpc) is 3.28. The lowest BCUT2D eigenvalue weighted by molar-refractivity contribution is -0.384. The number of nitro groups is 1. The van der Waals surface area contributed by atoms with E-state index in [-0.39, 0.29) is 28.4 Å². The second-order valence-electron chi connectivity index (χ2n) is 8.45. The summed E-state index contributed by atoms with van der Waals surface area (Å²) in [5, 5.41) is 17.4. The first-order valence-electron chi connectivity index (χ1n) is 11.3. The van der Waals surface area contributed by atoms with Crippen LogP contribution in [0.15, 0.2) is 48.5 Å². The molecule has 2 N–H and O–H groups in total. The zero-order valence-electron chi connectivity index (χ0n) is 19.0. The number of carbonyl (C=O) groups is 2. The Kier molecular flexibility index (Phi) is 7.38. The molecule has 2 fully saturated rings. The molecular weight excluding hydrogens is 456 g/mol. The fourth-order valence-electron chi connectivity index (χ4n) is 4.41. The van der Waals surface area contributed by atoms with Gasteiger partial charge in [-0.2, -0.15) is 0 Å². The molecule has 4 rings (SSSR count). The summed E-state index contributed by atoms with van der Waals surface area (Å²) in [6.07, 6.45) is 2.17. The van der Waals surface area contributed by atoms with E-state index >= 15 is 0 Å². The van der Waals surface area contributed by atoms with E-state index in [1.165, 1.54) is 24.3 Å². The van der Waals surface area contributed by atoms with Crippen LogP contribution in [-0.4, -0.2) is 65.0 Å². The van der Waals surface area contributed by atoms with Crippen LogP contribution in [-0.2, 0) is 11.2 Å². The Morgan fingerprint density at radius 3 is 2.59 bits per heavy atom. The lowest BCUT2D eigenvalue weighted by Crippen LogP contribution is -2.54. The highest BCUT2D eigenvalue weighted by atomic mass is 32.2. The lowest BCUT2D eigenvalue weighted by Gasteiger charge is -2.39. The van der Waals surface area contributed by atoms with Gasteiger partial charge < -0.3 is 15.0 Å². The fraction of sp³-hybridized carbons (Fsp3) is 0.417. The van der Waals surface area contributed by atoms with Gasteiger partial charge in [-0.3, -0.25) is 25.0 Å². The highest BCUT2D eigenvalue weighted by Crippen LogP contribution is 2.39. The fourth-order valence-corrected chi connectivity index (χ4v) is 5.82. The number of likely N-dealkylation sites (tertiary alicyclic amines) is 1. The second kappa shape index (κ2) is 10.4. The van der Waals surface area contributed by atoms with Gasteiger partial charge in [0.15, 0.2) is 0 Å². The zero-order chi connectivity index (χ0) is 24.1. The number of para-hydroxylation sites is 1. The monoisotopic (exact) mass is 484 g/mol. The Bertz CT molecular complexity index is 1050. The van der Waals surface area contributed by atoms with Crippen LogP contribution in [0.1, 0.15) is 28.8 Å². The van der Waals surface area contributed by atoms with Gasteiger partial charge in [0, 0.05) is 43.1 Å². The summed E-state index contributed by atoms with van der Waals surface area (Å²) < 4.78 is 5.36. The molecule has 2 aromatic carbocycles. The number of hydrogen-bond donors (Lipinski definition) is 2. The molecule has 9 nitrogen and oxygen atoms in total. The van der Waals surface area contributed by atoms with Gasteiger partial charge in [-0.15, -0.1) is 11.8 Å². The molecule has 180 valence electrons. The van der Waals surface area contributed by atoms with E-state index < -0.39 is 4.92 Å². The van der Waals surface area contributed by atoms with Crippen molar-refractivity contribution in [2.45, 2.75) is 30.2 Å². The van der Waals surface area contributed by atoms with Gasteiger partial charge in [-0.25, -0.2) is 0 Å². The van der Waals surface area contributed by atoms with E-state index in [2.05, 4.69) is 10.6 Å². The number of piperidine rings is 1. The normalized spacial score (nSPS) is 19.1. The van der Waals surface area contributed by atoms with Crippen LogP contribution in [0.5, 0.6) is 5.75 Å². The molecule has 2 aliphatic heterocycles. The minimum absolute atomic E-state index is 0.0105. The van der Waals surface area contributed by atoms with Crippen LogP contribution in [0.2, 0.25) is 0 Å². The van der Waals surface area contributed by atoms with Crippen LogP contribution in [0.3, 0.4) is 0 Å². The lowest BCUT2D eigenvalue weighted by atomic mass is 10.0. The van der Waals surface area contributed by atoms with E-state index in [0.29, 0.717) is 37.4 Å². The number of thioether (sulfide) groups is 1. The van der Waals surface area contributed by atoms with Crippen molar-refractivity contribution in [3.05, 3.63) is 69.8 Å². The van der Waals surface area contributed by atoms with Crippen molar-refractivity contribution in [2.24, 2.45) is 0 Å². The molecule has 1 atom stereocenters. The topological polar surface area (TPSA) is 114 Å². The minimum atomic E-state index is -0.479. The molecule has 0 bridgehead atoms. The van der Waals surface area contributed by atoms with Gasteiger partial charge in [0.1, 0.15) is 5.75 Å². The maximum absolute atomic E-state index is 12.8. The van der Waals surface area contributed by atoms with Crippen molar-refractivity contribution in [1.82, 2.24) is 15.5 Å². The predicted molar refractivity (Wildman–Crippen MR) is 130 cm³/mol. The van der Waals surface area contributed by atoms with E-state index in [4.69, 9.17) is 4.74 Å². The number of rotatable bonds is 7. The summed E-state index contributed by atoms with van der Waals surface area (Å²) in [5.41, 5.74) is 1.47. The van der Waals surface area contributed by atoms with E-state index in [1.807, 2.05) is 24.3 Å². The first-order chi connectivity index (χ1) is 16.4. The molecule has 0 radical (unpaired) electrons. The maximum atomic E-state index is 12.8. The third-order valence-corrected chi connectivity index (χ3v) is 7.93. The Balaban J connectivity index is 1.25. The van der Waals surface area contributed by atoms with Crippen LogP contribution in [0.25, 0.3) is 0 Å². The highest BCUT2D eigenvalue weighted by molar-refractivity contribution is 8.01. The van der Waals surface area contributed by atoms with Crippen molar-refractivity contribution < 1.29 is 19.2 Å². The van der Waals surface area contributed by atoms with Gasteiger partial charge >= 0.3 is 0 Å². The van der Waals surface area contributed by atoms with Crippen LogP contribution in [0.4, 0.5) is 5.69 Å². The number of nitrogens with zero attached hydrogens (tertiary/aromatic N) is 2. The van der Waals surface area contributed by atoms with E-state index in [0.717, 1.165) is 24.2 Å². The quantitative estimate of drug-likeness (QED) is 0.459. The van der Waals surface area contributed by atoms with Crippen LogP contribution >= 0.6 is 11.8 Å². The first-order valence-corrected chi connectivity index (χ1v) is 12.2. The first kappa shape index (κ1) is 24.0. The second-order valence-corrected chi connectivity index (χ2v) is 9.85. The molecule has 1 spiro atoms. The van der Waals surface area contributed by atoms with Gasteiger partial charge in [0.05, 0.1) is 22.9 Å². The van der Waals surface area contributed by atoms with Gasteiger partial charge in [-0.05, 0) is 43.0 Å². The van der Waals surface area contributed by atoms with Crippen molar-refractivity contribution in [3.8, 4) is 5.75 Å². The summed E-state index contributed by atoms with van der Waals surface area (Å²) >= 11 is 1.75. The summed E-state index contributed by atoms with van der Waals surface area (Å²) in [6, 6.07) is 13.2. The summed E-state index contributed by atoms with van der Waals surface area (Å²) in [5.74, 6) is 1.37. The van der Waals surface area contributed by atoms with Gasteiger partial charge in [0.2, 0.25) is 5.91 Å². The molecule has 2 aliphatic rings. The molecular formula is C24H28N4O5S. The number of benzene rings is 2. The van der Waals surface area contributed by atoms with Gasteiger partial charge in [0.25, 0.3) is 11.6 Å². The number of amides is 2. The van der Waals surface area contributed by atoms with Crippen molar-refractivity contribution >= 4 is 29.3 Å². The molecule has 2 saturated heterocycles. The third-order valence-electron chi connectivity index (χ3n) is 6.35. The van der Waals surface area contributed by atoms with Crippen LogP contribution in [0, 0.1) is 10.1 Å². The maximum Gasteiger partial charge on any atom is 0.269 e. The number of nitrogens with one attached hydrogen (secondary N) is 2. The van der Waals surface area contributed by atoms with Crippen molar-refractivity contribution in [3.63, 3.8) is 0 Å². The molecule has 2 amide bonds. The predicted octanol–water partition coefficient (Wildman–Crippen LogP) is 2.60. The molecule has 0 aliphatic carbocycles. The largest absolute Gasteiger partial charge is 0.496 e. The number of methoxy groups -OCH3 is 1. The third kappa shape index (κ3) is 5.34. The summed E-state index contributed by atoms with van der Waals surface area (Å²) in [4.78, 5) is 37.4. The SMILES string of the molecule is COc1ccccc1CCNC(=O)C1CSC2(CCN(C(=O)c3ccc([N+](=O)[O-])cc3)CC2)N1. The molecule has 0 aromatic heterocycles. The molecule has 34 heavy (non-hydrogen) atoms. The number of carbonyl (C=O) groups excluding carboxylic acids is 2. The molecule has 1 unspecified atom stereocenters. The van der Waals surface area contributed by atoms with Crippen molar-refractivity contribution in [2.75, 3.05) is 32.5 Å². The number of hydrogen-bond acceptors (Lipinski definition) is 7. The Morgan fingerprint density at radius 1 is 1.21 bits per heavy atom. The summed E-state index contributed by atoms with van der Waals surface area (Å²) in [7, 11) is 1.64. The number of non-ortho nitro benzene ring substituents is 1. The molecule has 2 heterocycles. The van der Waals surface area contributed by atoms with Crippen LogP contribution < -0.4 is 15.4 Å². The minimum Gasteiger partial charge on any atom is -0.496 e. The molecule has 10 heteroatoms. The average molecular weight is 485 g/mol. The number of ether oxygens (including phenoxy) is 1. The molecule has 0 saturated carbocycles. The summed E-state index contributed by atoms with van der Waals surface area (Å²) in [6.45, 7) is 1.67. The number of nitro benzene ring substituents is 1. The Hall–Kier alpha value is -3.11. The smallest absolute Gasteiger partial charge is 0.269 e. The zero-order valence-corrected chi connectivity index (χ0v) is 19.8. The van der Waals surface area contributed by atoms with E-state index in [9.17, 15) is 19.7 Å². The molecule has 2 aromatic rings. The van der Waals surface area contributed by atoms with Gasteiger partial charge in [-0.1, -0.05) is 18.2 Å². The van der Waals surface area contributed by atoms with Crippen molar-refractivity contribution in [1.29, 1.82) is 0 Å².